The molecule has 76 valence electrons. The number of ketones is 1. The molecule has 0 heterocycles. The van der Waals surface area contributed by atoms with E-state index >= 15 is 0 Å². The van der Waals surface area contributed by atoms with Crippen LogP contribution in [0.15, 0.2) is 0 Å². The van der Waals surface area contributed by atoms with Crippen LogP contribution in [0, 0.1) is 61.5 Å². The van der Waals surface area contributed by atoms with Crippen molar-refractivity contribution in [1.29, 1.82) is 0 Å². The third-order valence-electron chi connectivity index (χ3n) is 2.52. The van der Waals surface area contributed by atoms with Gasteiger partial charge in [0.2, 0.25) is 0 Å². The molecule has 0 saturated heterocycles. The van der Waals surface area contributed by atoms with Gasteiger partial charge in [0.05, 0.1) is 11.8 Å². The molecule has 2 fully saturated rings. The van der Waals surface area contributed by atoms with Gasteiger partial charge in [-0.3, -0.25) is 4.79 Å². The SMILES string of the molecule is CS[C]1[CH][CH][CH][C]1C(=O)[C]1[CH][CH][CH][C]1C. The first-order valence-electron chi connectivity index (χ1n) is 4.80. The van der Waals surface area contributed by atoms with Crippen LogP contribution in [0.3, 0.4) is 0 Å². The Morgan fingerprint density at radius 2 is 1.73 bits per heavy atom. The summed E-state index contributed by atoms with van der Waals surface area (Å²) in [6.07, 6.45) is 13.6. The molecule has 2 saturated carbocycles. The van der Waals surface area contributed by atoms with Gasteiger partial charge in [0.15, 0.2) is 0 Å². The monoisotopic (exact) mass is 216 g/mol. The molecule has 2 aliphatic rings. The van der Waals surface area contributed by atoms with Crippen molar-refractivity contribution >= 4 is 17.5 Å². The number of hydrogen-bond acceptors (Lipinski definition) is 2. The van der Waals surface area contributed by atoms with Crippen molar-refractivity contribution in [2.45, 2.75) is 6.92 Å². The molecule has 0 unspecified atom stereocenters. The maximum Gasteiger partial charge on any atom is 0.149 e. The van der Waals surface area contributed by atoms with Crippen molar-refractivity contribution in [2.75, 3.05) is 6.26 Å². The van der Waals surface area contributed by atoms with Crippen molar-refractivity contribution in [3.05, 3.63) is 61.5 Å². The molecule has 0 atom stereocenters. The number of rotatable bonds is 3. The second kappa shape index (κ2) is 4.90. The third-order valence-corrected chi connectivity index (χ3v) is 3.31. The fraction of sp³-hybridized carbons (Fsp3) is 0.154. The van der Waals surface area contributed by atoms with Gasteiger partial charge < -0.3 is 0 Å². The van der Waals surface area contributed by atoms with E-state index in [0.29, 0.717) is 0 Å². The zero-order chi connectivity index (χ0) is 10.8. The molecule has 2 rings (SSSR count). The summed E-state index contributed by atoms with van der Waals surface area (Å²) in [5, 5.41) is 1.06. The summed E-state index contributed by atoms with van der Waals surface area (Å²) >= 11 is 1.61. The van der Waals surface area contributed by atoms with Crippen molar-refractivity contribution in [3.63, 3.8) is 0 Å². The van der Waals surface area contributed by atoms with Crippen molar-refractivity contribution in [2.24, 2.45) is 0 Å². The lowest BCUT2D eigenvalue weighted by atomic mass is 9.85. The van der Waals surface area contributed by atoms with Crippen LogP contribution in [0.25, 0.3) is 0 Å². The summed E-state index contributed by atoms with van der Waals surface area (Å²) in [7, 11) is 0. The average molecular weight is 216 g/mol. The van der Waals surface area contributed by atoms with Gasteiger partial charge in [0, 0.05) is 5.25 Å². The zero-order valence-electron chi connectivity index (χ0n) is 8.78. The van der Waals surface area contributed by atoms with Gasteiger partial charge in [-0.15, -0.1) is 0 Å². The molecule has 15 heavy (non-hydrogen) atoms. The third kappa shape index (κ3) is 2.25. The highest BCUT2D eigenvalue weighted by atomic mass is 32.2. The van der Waals surface area contributed by atoms with Crippen LogP contribution in [-0.4, -0.2) is 12.0 Å². The molecule has 0 spiro atoms. The average Bonchev–Trinajstić information content (AvgIpc) is 2.84. The topological polar surface area (TPSA) is 17.1 Å². The summed E-state index contributed by atoms with van der Waals surface area (Å²) in [5.74, 6) is 2.81. The maximum atomic E-state index is 12.2. The molecule has 10 radical (unpaired) electrons. The minimum atomic E-state index is 0.131. The molecule has 2 heteroatoms. The number of thioether (sulfide) groups is 1. The van der Waals surface area contributed by atoms with Crippen LogP contribution in [0.1, 0.15) is 6.92 Å². The first-order valence-corrected chi connectivity index (χ1v) is 6.03. The quantitative estimate of drug-likeness (QED) is 0.721. The lowest BCUT2D eigenvalue weighted by Crippen LogP contribution is -2.22. The lowest BCUT2D eigenvalue weighted by molar-refractivity contribution is -0.114. The molecule has 0 amide bonds. The lowest BCUT2D eigenvalue weighted by Gasteiger charge is -2.20. The van der Waals surface area contributed by atoms with E-state index in [1.807, 2.05) is 51.7 Å². The number of carbonyl (C=O) groups is 1. The minimum Gasteiger partial charge on any atom is -0.298 e. The predicted octanol–water partition coefficient (Wildman–Crippen LogP) is 2.45. The van der Waals surface area contributed by atoms with Gasteiger partial charge >= 0.3 is 0 Å². The van der Waals surface area contributed by atoms with Crippen molar-refractivity contribution in [3.8, 4) is 0 Å². The van der Waals surface area contributed by atoms with Gasteiger partial charge in [-0.2, -0.15) is 11.8 Å². The van der Waals surface area contributed by atoms with Crippen LogP contribution in [0.4, 0.5) is 0 Å². The molecule has 0 aromatic rings. The van der Waals surface area contributed by atoms with Gasteiger partial charge in [0.25, 0.3) is 0 Å². The van der Waals surface area contributed by atoms with Crippen LogP contribution < -0.4 is 0 Å². The largest absolute Gasteiger partial charge is 0.298 e. The first-order chi connectivity index (χ1) is 7.24. The molecule has 0 bridgehead atoms. The Balaban J connectivity index is 2.00. The van der Waals surface area contributed by atoms with Crippen LogP contribution in [0.2, 0.25) is 0 Å². The second-order valence-electron chi connectivity index (χ2n) is 3.46. The number of Topliss-reactive ketones (excluding diaryl/α,β-unsaturated/α-hetero) is 1. The molecule has 2 aliphatic carbocycles. The molecular weight excluding hydrogens is 204 g/mol. The Hall–Kier alpha value is 0.0200. The Morgan fingerprint density at radius 1 is 1.07 bits per heavy atom. The standard InChI is InChI=1S/C13H12OS/c1-9-5-3-6-10(9)13(14)11-7-4-8-12(11)15-2/h3-8H,1-2H3. The van der Waals surface area contributed by atoms with Crippen LogP contribution in [-0.2, 0) is 4.79 Å². The van der Waals surface area contributed by atoms with Gasteiger partial charge in [-0.05, 0) is 50.7 Å². The predicted molar refractivity (Wildman–Crippen MR) is 63.0 cm³/mol. The molecule has 0 N–H and O–H groups in total. The highest BCUT2D eigenvalue weighted by Crippen LogP contribution is 2.45. The zero-order valence-corrected chi connectivity index (χ0v) is 9.60. The molecule has 0 aromatic heterocycles. The van der Waals surface area contributed by atoms with Gasteiger partial charge in [-0.25, -0.2) is 0 Å². The Bertz CT molecular complexity index is 239. The molecule has 0 aliphatic heterocycles. The van der Waals surface area contributed by atoms with Gasteiger partial charge in [0.1, 0.15) is 5.78 Å². The highest BCUT2D eigenvalue weighted by molar-refractivity contribution is 8.01. The Kier molecular flexibility index (Phi) is 3.76. The van der Waals surface area contributed by atoms with E-state index < -0.39 is 0 Å². The van der Waals surface area contributed by atoms with Crippen molar-refractivity contribution in [1.82, 2.24) is 0 Å². The van der Waals surface area contributed by atoms with Crippen LogP contribution in [0.5, 0.6) is 0 Å². The van der Waals surface area contributed by atoms with E-state index in [0.717, 1.165) is 23.0 Å². The molecule has 0 aromatic carbocycles. The van der Waals surface area contributed by atoms with E-state index in [-0.39, 0.29) is 5.78 Å². The van der Waals surface area contributed by atoms with E-state index in [1.54, 1.807) is 11.8 Å². The summed E-state index contributed by atoms with van der Waals surface area (Å²) in [5.41, 5.74) is 0. The first kappa shape index (κ1) is 11.5. The number of carbonyl (C=O) groups excluding carboxylic acids is 1. The summed E-state index contributed by atoms with van der Waals surface area (Å²) in [6.45, 7) is 1.97. The van der Waals surface area contributed by atoms with E-state index in [2.05, 4.69) is 0 Å². The van der Waals surface area contributed by atoms with Crippen molar-refractivity contribution < 1.29 is 4.79 Å². The fourth-order valence-electron chi connectivity index (χ4n) is 1.68. The molecule has 1 nitrogen and oxygen atoms in total. The van der Waals surface area contributed by atoms with E-state index in [1.165, 1.54) is 0 Å². The van der Waals surface area contributed by atoms with E-state index in [9.17, 15) is 4.79 Å². The minimum absolute atomic E-state index is 0.131. The highest BCUT2D eigenvalue weighted by Gasteiger charge is 2.41. The maximum absolute atomic E-state index is 12.2. The Morgan fingerprint density at radius 3 is 2.33 bits per heavy atom. The summed E-state index contributed by atoms with van der Waals surface area (Å²) < 4.78 is 0. The van der Waals surface area contributed by atoms with Crippen LogP contribution >= 0.6 is 11.8 Å². The Labute approximate surface area is 97.4 Å². The normalized spacial score (nSPS) is 26.5. The molecular formula is C13H12OS. The number of hydrogen-bond donors (Lipinski definition) is 0. The second-order valence-corrected chi connectivity index (χ2v) is 4.31. The van der Waals surface area contributed by atoms with Gasteiger partial charge in [-0.1, -0.05) is 6.92 Å². The smallest absolute Gasteiger partial charge is 0.149 e. The summed E-state index contributed by atoms with van der Waals surface area (Å²) in [6, 6.07) is 0. The van der Waals surface area contributed by atoms with E-state index in [4.69, 9.17) is 0 Å². The fourth-order valence-corrected chi connectivity index (χ4v) is 2.27. The summed E-state index contributed by atoms with van der Waals surface area (Å²) in [4.78, 5) is 12.2.